The summed E-state index contributed by atoms with van der Waals surface area (Å²) in [5, 5.41) is 8.41. The van der Waals surface area contributed by atoms with Gasteiger partial charge in [0, 0.05) is 38.2 Å². The normalized spacial score (nSPS) is 15.1. The van der Waals surface area contributed by atoms with Gasteiger partial charge in [0.15, 0.2) is 0 Å². The Morgan fingerprint density at radius 3 is 2.42 bits per heavy atom. The number of carbonyl (C=O) groups excluding carboxylic acids is 3. The zero-order valence-corrected chi connectivity index (χ0v) is 17.4. The van der Waals surface area contributed by atoms with Crippen molar-refractivity contribution >= 4 is 23.5 Å². The number of urea groups is 1. The van der Waals surface area contributed by atoms with Gasteiger partial charge in [-0.1, -0.05) is 36.4 Å². The maximum absolute atomic E-state index is 13.3. The highest BCUT2D eigenvalue weighted by Crippen LogP contribution is 2.15. The first-order valence-electron chi connectivity index (χ1n) is 10.3. The Hall–Kier alpha value is -3.42. The van der Waals surface area contributed by atoms with Crippen molar-refractivity contribution in [3.63, 3.8) is 0 Å². The molecule has 0 bridgehead atoms. The smallest absolute Gasteiger partial charge is 0.321 e. The van der Waals surface area contributed by atoms with Gasteiger partial charge in [-0.2, -0.15) is 0 Å². The number of likely N-dealkylation sites (tertiary alicyclic amines) is 1. The minimum atomic E-state index is -0.658. The standard InChI is InChI=1S/C23H27FN4O3/c1-16(29)25-21(14-17-6-3-2-4-7-17)22(30)26-19-10-12-28(13-11-19)23(31)27-20-9-5-8-18(24)15-20/h2-9,15,19,21H,10-14H2,1H3,(H,25,29)(H,26,30)(H,27,31). The molecule has 8 heteroatoms. The highest BCUT2D eigenvalue weighted by Gasteiger charge is 2.27. The Morgan fingerprint density at radius 2 is 1.77 bits per heavy atom. The second-order valence-corrected chi connectivity index (χ2v) is 7.65. The number of nitrogens with one attached hydrogen (secondary N) is 3. The fourth-order valence-electron chi connectivity index (χ4n) is 3.60. The molecule has 0 aromatic heterocycles. The van der Waals surface area contributed by atoms with Crippen LogP contribution in [-0.2, 0) is 16.0 Å². The molecule has 164 valence electrons. The molecule has 4 amide bonds. The Labute approximate surface area is 181 Å². The molecule has 1 saturated heterocycles. The van der Waals surface area contributed by atoms with Crippen LogP contribution in [0.4, 0.5) is 14.9 Å². The van der Waals surface area contributed by atoms with E-state index in [-0.39, 0.29) is 23.9 Å². The SMILES string of the molecule is CC(=O)NC(Cc1ccccc1)C(=O)NC1CCN(C(=O)Nc2cccc(F)c2)CC1. The van der Waals surface area contributed by atoms with Crippen molar-refractivity contribution in [3.05, 3.63) is 66.0 Å². The molecule has 3 N–H and O–H groups in total. The summed E-state index contributed by atoms with van der Waals surface area (Å²) in [6, 6.07) is 14.2. The van der Waals surface area contributed by atoms with Gasteiger partial charge in [-0.05, 0) is 36.6 Å². The number of halogens is 1. The molecule has 1 unspecified atom stereocenters. The first-order chi connectivity index (χ1) is 14.9. The molecular weight excluding hydrogens is 399 g/mol. The molecule has 2 aromatic carbocycles. The van der Waals surface area contributed by atoms with Gasteiger partial charge in [0.05, 0.1) is 0 Å². The number of amides is 4. The summed E-state index contributed by atoms with van der Waals surface area (Å²) in [6.45, 7) is 2.33. The minimum absolute atomic E-state index is 0.0854. The number of anilines is 1. The maximum Gasteiger partial charge on any atom is 0.321 e. The molecule has 0 spiro atoms. The monoisotopic (exact) mass is 426 g/mol. The van der Waals surface area contributed by atoms with Gasteiger partial charge in [0.2, 0.25) is 11.8 Å². The molecule has 1 fully saturated rings. The van der Waals surface area contributed by atoms with Crippen LogP contribution in [-0.4, -0.2) is 47.9 Å². The van der Waals surface area contributed by atoms with E-state index in [4.69, 9.17) is 0 Å². The largest absolute Gasteiger partial charge is 0.351 e. The third-order valence-electron chi connectivity index (χ3n) is 5.18. The number of nitrogens with zero attached hydrogens (tertiary/aromatic N) is 1. The lowest BCUT2D eigenvalue weighted by atomic mass is 10.0. The van der Waals surface area contributed by atoms with Crippen molar-refractivity contribution < 1.29 is 18.8 Å². The van der Waals surface area contributed by atoms with E-state index in [1.807, 2.05) is 30.3 Å². The topological polar surface area (TPSA) is 90.5 Å². The van der Waals surface area contributed by atoms with Gasteiger partial charge in [-0.25, -0.2) is 9.18 Å². The Morgan fingerprint density at radius 1 is 1.06 bits per heavy atom. The van der Waals surface area contributed by atoms with Gasteiger partial charge < -0.3 is 20.9 Å². The molecule has 1 heterocycles. The predicted octanol–water partition coefficient (Wildman–Crippen LogP) is 2.69. The van der Waals surface area contributed by atoms with Gasteiger partial charge in [-0.3, -0.25) is 9.59 Å². The van der Waals surface area contributed by atoms with Crippen molar-refractivity contribution in [2.45, 2.75) is 38.3 Å². The van der Waals surface area contributed by atoms with Crippen LogP contribution in [0.5, 0.6) is 0 Å². The van der Waals surface area contributed by atoms with Crippen LogP contribution in [0, 0.1) is 5.82 Å². The second-order valence-electron chi connectivity index (χ2n) is 7.65. The van der Waals surface area contributed by atoms with Crippen LogP contribution in [0.2, 0.25) is 0 Å². The van der Waals surface area contributed by atoms with Crippen molar-refractivity contribution in [1.29, 1.82) is 0 Å². The van der Waals surface area contributed by atoms with Crippen LogP contribution < -0.4 is 16.0 Å². The Bertz CT molecular complexity index is 914. The molecule has 0 saturated carbocycles. The molecule has 2 aromatic rings. The van der Waals surface area contributed by atoms with Crippen molar-refractivity contribution in [2.24, 2.45) is 0 Å². The summed E-state index contributed by atoms with van der Waals surface area (Å²) in [6.07, 6.45) is 1.60. The van der Waals surface area contributed by atoms with Crippen LogP contribution in [0.15, 0.2) is 54.6 Å². The van der Waals surface area contributed by atoms with E-state index in [9.17, 15) is 18.8 Å². The van der Waals surface area contributed by atoms with Gasteiger partial charge in [0.1, 0.15) is 11.9 Å². The summed E-state index contributed by atoms with van der Waals surface area (Å²) >= 11 is 0. The minimum Gasteiger partial charge on any atom is -0.351 e. The van der Waals surface area contributed by atoms with E-state index in [2.05, 4.69) is 16.0 Å². The van der Waals surface area contributed by atoms with Crippen LogP contribution in [0.25, 0.3) is 0 Å². The van der Waals surface area contributed by atoms with Crippen LogP contribution >= 0.6 is 0 Å². The van der Waals surface area contributed by atoms with Crippen LogP contribution in [0.3, 0.4) is 0 Å². The number of benzene rings is 2. The first kappa shape index (κ1) is 22.3. The summed E-state index contributed by atoms with van der Waals surface area (Å²) in [5.41, 5.74) is 1.36. The van der Waals surface area contributed by atoms with Crippen LogP contribution in [0.1, 0.15) is 25.3 Å². The van der Waals surface area contributed by atoms with E-state index in [0.29, 0.717) is 38.0 Å². The molecule has 1 aliphatic heterocycles. The van der Waals surface area contributed by atoms with Gasteiger partial charge in [-0.15, -0.1) is 0 Å². The van der Waals surface area contributed by atoms with E-state index in [0.717, 1.165) is 5.56 Å². The molecule has 3 rings (SSSR count). The van der Waals surface area contributed by atoms with Crippen molar-refractivity contribution in [3.8, 4) is 0 Å². The van der Waals surface area contributed by atoms with E-state index >= 15 is 0 Å². The molecule has 0 aliphatic carbocycles. The highest BCUT2D eigenvalue weighted by atomic mass is 19.1. The summed E-state index contributed by atoms with van der Waals surface area (Å²) in [7, 11) is 0. The maximum atomic E-state index is 13.3. The quantitative estimate of drug-likeness (QED) is 0.663. The van der Waals surface area contributed by atoms with Crippen molar-refractivity contribution in [1.82, 2.24) is 15.5 Å². The number of piperidine rings is 1. The zero-order valence-electron chi connectivity index (χ0n) is 17.4. The lowest BCUT2D eigenvalue weighted by Crippen LogP contribution is -2.53. The first-order valence-corrected chi connectivity index (χ1v) is 10.3. The third-order valence-corrected chi connectivity index (χ3v) is 5.18. The second kappa shape index (κ2) is 10.6. The lowest BCUT2D eigenvalue weighted by molar-refractivity contribution is -0.128. The summed E-state index contributed by atoms with van der Waals surface area (Å²) in [4.78, 5) is 38.4. The Balaban J connectivity index is 1.50. The molecule has 7 nitrogen and oxygen atoms in total. The number of hydrogen-bond donors (Lipinski definition) is 3. The predicted molar refractivity (Wildman–Crippen MR) is 116 cm³/mol. The molecule has 0 radical (unpaired) electrons. The van der Waals surface area contributed by atoms with Gasteiger partial charge in [0.25, 0.3) is 0 Å². The third kappa shape index (κ3) is 6.80. The molecule has 31 heavy (non-hydrogen) atoms. The number of hydrogen-bond acceptors (Lipinski definition) is 3. The van der Waals surface area contributed by atoms with Gasteiger partial charge >= 0.3 is 6.03 Å². The molecular formula is C23H27FN4O3. The van der Waals surface area contributed by atoms with E-state index in [1.165, 1.54) is 25.1 Å². The highest BCUT2D eigenvalue weighted by molar-refractivity contribution is 5.89. The fourth-order valence-corrected chi connectivity index (χ4v) is 3.60. The molecule has 1 aliphatic rings. The number of carbonyl (C=O) groups is 3. The summed E-state index contributed by atoms with van der Waals surface area (Å²) in [5.74, 6) is -0.912. The van der Waals surface area contributed by atoms with Crippen molar-refractivity contribution in [2.75, 3.05) is 18.4 Å². The molecule has 1 atom stereocenters. The lowest BCUT2D eigenvalue weighted by Gasteiger charge is -2.33. The average molecular weight is 426 g/mol. The Kier molecular flexibility index (Phi) is 7.59. The summed E-state index contributed by atoms with van der Waals surface area (Å²) < 4.78 is 13.3. The number of rotatable bonds is 6. The van der Waals surface area contributed by atoms with E-state index < -0.39 is 11.9 Å². The van der Waals surface area contributed by atoms with E-state index in [1.54, 1.807) is 11.0 Å². The fraction of sp³-hybridized carbons (Fsp3) is 0.348. The average Bonchev–Trinajstić information content (AvgIpc) is 2.74. The zero-order chi connectivity index (χ0) is 22.2.